The number of aryl methyl sites for hydroxylation is 2. The molecule has 3 aromatic rings. The van der Waals surface area contributed by atoms with E-state index < -0.39 is 0 Å². The molecule has 0 atom stereocenters. The summed E-state index contributed by atoms with van der Waals surface area (Å²) in [6.07, 6.45) is 1.55. The number of nitrogens with one attached hydrogen (secondary N) is 2. The van der Waals surface area contributed by atoms with Crippen LogP contribution in [0.1, 0.15) is 27.2 Å². The van der Waals surface area contributed by atoms with Crippen LogP contribution in [-0.2, 0) is 0 Å². The lowest BCUT2D eigenvalue weighted by molar-refractivity contribution is 0.102. The number of hydrogen-bond donors (Lipinski definition) is 2. The molecule has 6 heteroatoms. The monoisotopic (exact) mass is 366 g/mol. The Hall–Kier alpha value is -2.92. The van der Waals surface area contributed by atoms with Gasteiger partial charge in [-0.1, -0.05) is 23.7 Å². The molecule has 5 nitrogen and oxygen atoms in total. The molecule has 0 aliphatic rings. The van der Waals surface area contributed by atoms with Crippen LogP contribution in [0, 0.1) is 20.8 Å². The van der Waals surface area contributed by atoms with Gasteiger partial charge >= 0.3 is 0 Å². The van der Waals surface area contributed by atoms with Crippen LogP contribution in [0.2, 0.25) is 5.02 Å². The minimum atomic E-state index is -0.290. The average molecular weight is 367 g/mol. The molecule has 1 aromatic heterocycles. The van der Waals surface area contributed by atoms with Gasteiger partial charge in [-0.3, -0.25) is 4.79 Å². The predicted octanol–water partition coefficient (Wildman–Crippen LogP) is 5.05. The highest BCUT2D eigenvalue weighted by molar-refractivity contribution is 6.31. The Morgan fingerprint density at radius 2 is 1.85 bits per heavy atom. The summed E-state index contributed by atoms with van der Waals surface area (Å²) in [6, 6.07) is 12.9. The minimum absolute atomic E-state index is 0.278. The smallest absolute Gasteiger partial charge is 0.274 e. The van der Waals surface area contributed by atoms with Crippen LogP contribution in [-0.4, -0.2) is 15.9 Å². The Labute approximate surface area is 157 Å². The zero-order valence-corrected chi connectivity index (χ0v) is 15.6. The molecule has 2 N–H and O–H groups in total. The van der Waals surface area contributed by atoms with E-state index >= 15 is 0 Å². The number of nitrogens with zero attached hydrogens (tertiary/aromatic N) is 2. The molecule has 26 heavy (non-hydrogen) atoms. The molecule has 0 radical (unpaired) electrons. The second kappa shape index (κ2) is 7.54. The SMILES string of the molecule is Cc1ccc(NC(=O)c2ccnc(Nc3cccc(Cl)c3C)n2)cc1C. The second-order valence-electron chi connectivity index (χ2n) is 6.06. The second-order valence-corrected chi connectivity index (χ2v) is 6.46. The normalized spacial score (nSPS) is 10.5. The predicted molar refractivity (Wildman–Crippen MR) is 105 cm³/mol. The Morgan fingerprint density at radius 3 is 2.62 bits per heavy atom. The number of halogens is 1. The first-order chi connectivity index (χ1) is 12.4. The van der Waals surface area contributed by atoms with E-state index in [-0.39, 0.29) is 11.6 Å². The molecule has 0 spiro atoms. The number of benzene rings is 2. The Bertz CT molecular complexity index is 972. The van der Waals surface area contributed by atoms with Gasteiger partial charge in [-0.15, -0.1) is 0 Å². The molecule has 0 unspecified atom stereocenters. The van der Waals surface area contributed by atoms with E-state index in [2.05, 4.69) is 20.6 Å². The van der Waals surface area contributed by atoms with E-state index in [1.807, 2.05) is 57.2 Å². The van der Waals surface area contributed by atoms with Gasteiger partial charge in [0.25, 0.3) is 5.91 Å². The number of aromatic nitrogens is 2. The van der Waals surface area contributed by atoms with Gasteiger partial charge < -0.3 is 10.6 Å². The van der Waals surface area contributed by atoms with Crippen molar-refractivity contribution in [2.45, 2.75) is 20.8 Å². The molecular weight excluding hydrogens is 348 g/mol. The lowest BCUT2D eigenvalue weighted by Gasteiger charge is -2.10. The zero-order chi connectivity index (χ0) is 18.7. The van der Waals surface area contributed by atoms with Crippen LogP contribution < -0.4 is 10.6 Å². The van der Waals surface area contributed by atoms with Crippen molar-refractivity contribution in [2.24, 2.45) is 0 Å². The van der Waals surface area contributed by atoms with Crippen LogP contribution in [0.15, 0.2) is 48.7 Å². The summed E-state index contributed by atoms with van der Waals surface area (Å²) in [7, 11) is 0. The maximum Gasteiger partial charge on any atom is 0.274 e. The average Bonchev–Trinajstić information content (AvgIpc) is 2.62. The molecule has 0 bridgehead atoms. The van der Waals surface area contributed by atoms with Crippen molar-refractivity contribution in [3.63, 3.8) is 0 Å². The highest BCUT2D eigenvalue weighted by atomic mass is 35.5. The number of rotatable bonds is 4. The molecule has 0 aliphatic heterocycles. The molecule has 2 aromatic carbocycles. The molecule has 3 rings (SSSR count). The van der Waals surface area contributed by atoms with E-state index in [9.17, 15) is 4.79 Å². The molecule has 0 fully saturated rings. The number of amides is 1. The highest BCUT2D eigenvalue weighted by Gasteiger charge is 2.11. The van der Waals surface area contributed by atoms with Gasteiger partial charge in [0.05, 0.1) is 0 Å². The van der Waals surface area contributed by atoms with Crippen LogP contribution in [0.5, 0.6) is 0 Å². The summed E-state index contributed by atoms with van der Waals surface area (Å²) in [5.41, 5.74) is 4.99. The van der Waals surface area contributed by atoms with Crippen molar-refractivity contribution in [3.05, 3.63) is 76.1 Å². The number of hydrogen-bond acceptors (Lipinski definition) is 4. The first-order valence-electron chi connectivity index (χ1n) is 8.18. The molecule has 0 saturated heterocycles. The Balaban J connectivity index is 1.79. The van der Waals surface area contributed by atoms with Gasteiger partial charge in [-0.05, 0) is 67.8 Å². The number of carbonyl (C=O) groups is 1. The standard InChI is InChI=1S/C20H19ClN4O/c1-12-7-8-15(11-13(12)2)23-19(26)18-9-10-22-20(25-18)24-17-6-4-5-16(21)14(17)3/h4-11H,1-3H3,(H,23,26)(H,22,24,25). The third-order valence-electron chi connectivity index (χ3n) is 4.17. The Morgan fingerprint density at radius 1 is 1.04 bits per heavy atom. The molecular formula is C20H19ClN4O. The third kappa shape index (κ3) is 4.00. The van der Waals surface area contributed by atoms with Crippen LogP contribution in [0.25, 0.3) is 0 Å². The van der Waals surface area contributed by atoms with E-state index in [1.165, 1.54) is 5.56 Å². The van der Waals surface area contributed by atoms with Gasteiger partial charge in [-0.2, -0.15) is 0 Å². The van der Waals surface area contributed by atoms with Gasteiger partial charge in [0.1, 0.15) is 5.69 Å². The highest BCUT2D eigenvalue weighted by Crippen LogP contribution is 2.25. The van der Waals surface area contributed by atoms with E-state index in [1.54, 1.807) is 12.3 Å². The Kier molecular flexibility index (Phi) is 5.19. The summed E-state index contributed by atoms with van der Waals surface area (Å²) < 4.78 is 0. The lowest BCUT2D eigenvalue weighted by atomic mass is 10.1. The summed E-state index contributed by atoms with van der Waals surface area (Å²) in [5, 5.41) is 6.61. The summed E-state index contributed by atoms with van der Waals surface area (Å²) >= 11 is 6.13. The van der Waals surface area contributed by atoms with Crippen molar-refractivity contribution < 1.29 is 4.79 Å². The maximum absolute atomic E-state index is 12.5. The van der Waals surface area contributed by atoms with Crippen LogP contribution >= 0.6 is 11.6 Å². The first-order valence-corrected chi connectivity index (χ1v) is 8.55. The van der Waals surface area contributed by atoms with Crippen molar-refractivity contribution in [3.8, 4) is 0 Å². The van der Waals surface area contributed by atoms with Crippen LogP contribution in [0.4, 0.5) is 17.3 Å². The number of carbonyl (C=O) groups excluding carboxylic acids is 1. The quantitative estimate of drug-likeness (QED) is 0.678. The van der Waals surface area contributed by atoms with E-state index in [0.29, 0.717) is 11.0 Å². The largest absolute Gasteiger partial charge is 0.324 e. The van der Waals surface area contributed by atoms with Crippen molar-refractivity contribution in [1.29, 1.82) is 0 Å². The van der Waals surface area contributed by atoms with Crippen molar-refractivity contribution >= 4 is 34.8 Å². The molecule has 1 amide bonds. The summed E-state index contributed by atoms with van der Waals surface area (Å²) in [6.45, 7) is 5.94. The zero-order valence-electron chi connectivity index (χ0n) is 14.8. The topological polar surface area (TPSA) is 66.9 Å². The van der Waals surface area contributed by atoms with Crippen molar-refractivity contribution in [2.75, 3.05) is 10.6 Å². The number of anilines is 3. The lowest BCUT2D eigenvalue weighted by Crippen LogP contribution is -2.15. The fourth-order valence-electron chi connectivity index (χ4n) is 2.42. The van der Waals surface area contributed by atoms with Crippen LogP contribution in [0.3, 0.4) is 0 Å². The van der Waals surface area contributed by atoms with Gasteiger partial charge in [-0.25, -0.2) is 9.97 Å². The summed E-state index contributed by atoms with van der Waals surface area (Å²) in [4.78, 5) is 21.0. The molecule has 0 aliphatic carbocycles. The van der Waals surface area contributed by atoms with Gasteiger partial charge in [0.2, 0.25) is 5.95 Å². The minimum Gasteiger partial charge on any atom is -0.324 e. The fourth-order valence-corrected chi connectivity index (χ4v) is 2.60. The van der Waals surface area contributed by atoms with Crippen molar-refractivity contribution in [1.82, 2.24) is 9.97 Å². The van der Waals surface area contributed by atoms with Gasteiger partial charge in [0.15, 0.2) is 0 Å². The van der Waals surface area contributed by atoms with E-state index in [4.69, 9.17) is 11.6 Å². The summed E-state index contributed by atoms with van der Waals surface area (Å²) in [5.74, 6) is 0.0459. The third-order valence-corrected chi connectivity index (χ3v) is 4.58. The first kappa shape index (κ1) is 17.9. The fraction of sp³-hybridized carbons (Fsp3) is 0.150. The molecule has 132 valence electrons. The van der Waals surface area contributed by atoms with E-state index in [0.717, 1.165) is 22.5 Å². The maximum atomic E-state index is 12.5. The van der Waals surface area contributed by atoms with Gasteiger partial charge in [0, 0.05) is 22.6 Å². The molecule has 0 saturated carbocycles. The molecule has 1 heterocycles.